The summed E-state index contributed by atoms with van der Waals surface area (Å²) >= 11 is 0. The van der Waals surface area contributed by atoms with Crippen LogP contribution in [0.1, 0.15) is 213 Å². The average molecular weight is 799 g/mol. The lowest BCUT2D eigenvalue weighted by Gasteiger charge is -2.39. The van der Waals surface area contributed by atoms with E-state index in [1.54, 1.807) is 0 Å². The Hall–Kier alpha value is -1.56. The molecule has 6 atom stereocenters. The van der Waals surface area contributed by atoms with Gasteiger partial charge in [-0.1, -0.05) is 180 Å². The van der Waals surface area contributed by atoms with Gasteiger partial charge in [0.05, 0.1) is 13.2 Å². The minimum Gasteiger partial charge on any atom is -0.462 e. The molecule has 4 N–H and O–H groups in total. The van der Waals surface area contributed by atoms with Crippen LogP contribution < -0.4 is 0 Å². The van der Waals surface area contributed by atoms with Crippen LogP contribution in [0.3, 0.4) is 0 Å². The first-order valence-corrected chi connectivity index (χ1v) is 23.3. The molecule has 0 bridgehead atoms. The summed E-state index contributed by atoms with van der Waals surface area (Å²) in [6, 6.07) is 0. The molecule has 0 aromatic heterocycles. The number of carbonyl (C=O) groups excluding carboxylic acids is 2. The Morgan fingerprint density at radius 1 is 0.536 bits per heavy atom. The smallest absolute Gasteiger partial charge is 0.306 e. The number of hydrogen-bond donors (Lipinski definition) is 4. The van der Waals surface area contributed by atoms with Crippen LogP contribution in [0.15, 0.2) is 12.2 Å². The van der Waals surface area contributed by atoms with Crippen molar-refractivity contribution < 1.29 is 49.0 Å². The molecular weight excluding hydrogens is 712 g/mol. The molecule has 0 spiro atoms. The van der Waals surface area contributed by atoms with Crippen LogP contribution in [0, 0.1) is 0 Å². The largest absolute Gasteiger partial charge is 0.462 e. The standard InChI is InChI=1S/C46H86O10/c1-3-5-7-9-11-13-14-15-16-17-18-19-20-21-22-23-24-25-26-27-29-30-32-34-41(48)53-37-39(55-42(49)35-33-31-28-12-10-8-6-4-2)38-54-46-45(52)44(51)43(50)40(36-47)56-46/h27,29,39-40,43-47,50-52H,3-26,28,30-38H2,1-2H3/b29-27+/t39-,40-,43+,44?,45?,46-/m0/s1. The molecule has 10 heteroatoms. The number of ether oxygens (including phenoxy) is 4. The molecule has 0 radical (unpaired) electrons. The van der Waals surface area contributed by atoms with E-state index in [1.807, 2.05) is 0 Å². The van der Waals surface area contributed by atoms with E-state index in [2.05, 4.69) is 26.0 Å². The molecule has 56 heavy (non-hydrogen) atoms. The van der Waals surface area contributed by atoms with Gasteiger partial charge in [0.15, 0.2) is 12.4 Å². The number of esters is 2. The number of hydrogen-bond acceptors (Lipinski definition) is 10. The van der Waals surface area contributed by atoms with Crippen molar-refractivity contribution in [3.8, 4) is 0 Å². The predicted octanol–water partition coefficient (Wildman–Crippen LogP) is 9.95. The van der Waals surface area contributed by atoms with E-state index in [0.717, 1.165) is 32.1 Å². The molecule has 1 heterocycles. The van der Waals surface area contributed by atoms with E-state index in [9.17, 15) is 30.0 Å². The summed E-state index contributed by atoms with van der Waals surface area (Å²) < 4.78 is 22.1. The van der Waals surface area contributed by atoms with Gasteiger partial charge in [0, 0.05) is 12.8 Å². The molecule has 1 saturated heterocycles. The minimum absolute atomic E-state index is 0.227. The van der Waals surface area contributed by atoms with Crippen molar-refractivity contribution in [3.05, 3.63) is 12.2 Å². The van der Waals surface area contributed by atoms with E-state index in [0.29, 0.717) is 12.8 Å². The Kier molecular flexibility index (Phi) is 35.3. The third-order valence-corrected chi connectivity index (χ3v) is 10.9. The van der Waals surface area contributed by atoms with Gasteiger partial charge in [-0.15, -0.1) is 0 Å². The molecule has 0 saturated carbocycles. The molecule has 1 fully saturated rings. The number of aliphatic hydroxyl groups excluding tert-OH is 4. The van der Waals surface area contributed by atoms with Crippen LogP contribution in [0.5, 0.6) is 0 Å². The first-order chi connectivity index (χ1) is 27.3. The molecule has 0 amide bonds. The molecule has 10 nitrogen and oxygen atoms in total. The summed E-state index contributed by atoms with van der Waals surface area (Å²) in [5.74, 6) is -0.840. The highest BCUT2D eigenvalue weighted by Gasteiger charge is 2.44. The summed E-state index contributed by atoms with van der Waals surface area (Å²) in [5, 5.41) is 39.9. The zero-order valence-corrected chi connectivity index (χ0v) is 35.9. The van der Waals surface area contributed by atoms with Gasteiger partial charge in [0.25, 0.3) is 0 Å². The summed E-state index contributed by atoms with van der Waals surface area (Å²) in [6.45, 7) is 3.38. The Bertz CT molecular complexity index is 928. The van der Waals surface area contributed by atoms with Gasteiger partial charge in [0.1, 0.15) is 31.0 Å². The molecule has 2 unspecified atom stereocenters. The highest BCUT2D eigenvalue weighted by Crippen LogP contribution is 2.23. The quantitative estimate of drug-likeness (QED) is 0.0269. The third-order valence-electron chi connectivity index (χ3n) is 10.9. The predicted molar refractivity (Wildman–Crippen MR) is 224 cm³/mol. The fourth-order valence-corrected chi connectivity index (χ4v) is 7.19. The summed E-state index contributed by atoms with van der Waals surface area (Å²) in [4.78, 5) is 25.2. The summed E-state index contributed by atoms with van der Waals surface area (Å²) in [7, 11) is 0. The lowest BCUT2D eigenvalue weighted by molar-refractivity contribution is -0.305. The van der Waals surface area contributed by atoms with Gasteiger partial charge in [-0.05, 0) is 32.1 Å². The van der Waals surface area contributed by atoms with Gasteiger partial charge in [-0.25, -0.2) is 0 Å². The third kappa shape index (κ3) is 28.8. The molecule has 1 aliphatic rings. The highest BCUT2D eigenvalue weighted by atomic mass is 16.7. The Morgan fingerprint density at radius 2 is 0.964 bits per heavy atom. The van der Waals surface area contributed by atoms with E-state index >= 15 is 0 Å². The van der Waals surface area contributed by atoms with E-state index in [-0.39, 0.29) is 26.1 Å². The molecule has 0 aromatic rings. The van der Waals surface area contributed by atoms with Crippen molar-refractivity contribution in [1.82, 2.24) is 0 Å². The molecule has 0 aromatic carbocycles. The van der Waals surface area contributed by atoms with Gasteiger partial charge in [-0.3, -0.25) is 9.59 Å². The average Bonchev–Trinajstić information content (AvgIpc) is 3.19. The van der Waals surface area contributed by atoms with E-state index in [1.165, 1.54) is 141 Å². The van der Waals surface area contributed by atoms with Gasteiger partial charge < -0.3 is 39.4 Å². The minimum atomic E-state index is -1.59. The van der Waals surface area contributed by atoms with Crippen LogP contribution in [0.4, 0.5) is 0 Å². The van der Waals surface area contributed by atoms with E-state index in [4.69, 9.17) is 18.9 Å². The van der Waals surface area contributed by atoms with E-state index < -0.39 is 55.4 Å². The van der Waals surface area contributed by atoms with Crippen molar-refractivity contribution >= 4 is 11.9 Å². The maximum Gasteiger partial charge on any atom is 0.306 e. The zero-order valence-electron chi connectivity index (χ0n) is 35.9. The van der Waals surface area contributed by atoms with Crippen LogP contribution in [-0.4, -0.2) is 89.0 Å². The number of allylic oxidation sites excluding steroid dienone is 2. The Labute approximate surface area is 341 Å². The molecule has 330 valence electrons. The van der Waals surface area contributed by atoms with Crippen molar-refractivity contribution in [2.45, 2.75) is 250 Å². The van der Waals surface area contributed by atoms with Crippen molar-refractivity contribution in [2.75, 3.05) is 19.8 Å². The number of aliphatic hydroxyl groups is 4. The van der Waals surface area contributed by atoms with Gasteiger partial charge in [-0.2, -0.15) is 0 Å². The molecule has 1 aliphatic heterocycles. The van der Waals surface area contributed by atoms with Crippen LogP contribution >= 0.6 is 0 Å². The van der Waals surface area contributed by atoms with Crippen molar-refractivity contribution in [1.29, 1.82) is 0 Å². The van der Waals surface area contributed by atoms with Crippen molar-refractivity contribution in [3.63, 3.8) is 0 Å². The lowest BCUT2D eigenvalue weighted by atomic mass is 9.99. The fraction of sp³-hybridized carbons (Fsp3) is 0.913. The lowest BCUT2D eigenvalue weighted by Crippen LogP contribution is -2.59. The molecule has 1 rings (SSSR count). The fourth-order valence-electron chi connectivity index (χ4n) is 7.19. The Balaban J connectivity index is 2.20. The molecular formula is C46H86O10. The van der Waals surface area contributed by atoms with Crippen LogP contribution in [-0.2, 0) is 28.5 Å². The molecule has 0 aliphatic carbocycles. The van der Waals surface area contributed by atoms with Gasteiger partial charge in [0.2, 0.25) is 0 Å². The number of rotatable bonds is 39. The first kappa shape index (κ1) is 52.5. The second kappa shape index (κ2) is 37.7. The maximum atomic E-state index is 12.7. The van der Waals surface area contributed by atoms with Crippen molar-refractivity contribution in [2.24, 2.45) is 0 Å². The monoisotopic (exact) mass is 799 g/mol. The second-order valence-electron chi connectivity index (χ2n) is 16.2. The second-order valence-corrected chi connectivity index (χ2v) is 16.2. The number of unbranched alkanes of at least 4 members (excludes halogenated alkanes) is 26. The Morgan fingerprint density at radius 3 is 1.45 bits per heavy atom. The van der Waals surface area contributed by atoms with Crippen LogP contribution in [0.2, 0.25) is 0 Å². The maximum absolute atomic E-state index is 12.7. The first-order valence-electron chi connectivity index (χ1n) is 23.3. The zero-order chi connectivity index (χ0) is 40.9. The topological polar surface area (TPSA) is 152 Å². The SMILES string of the molecule is CCCCCCCCCCCCCCCCCCCC/C=C/CCCC(=O)OC[C@@H](CO[C@H]1O[C@@H](CO)[C@@H](O)C(O)C1O)OC(=O)CCCCCCCCCC. The van der Waals surface area contributed by atoms with Gasteiger partial charge >= 0.3 is 11.9 Å². The summed E-state index contributed by atoms with van der Waals surface area (Å²) in [5.41, 5.74) is 0. The number of carbonyl (C=O) groups is 2. The normalized spacial score (nSPS) is 20.4. The summed E-state index contributed by atoms with van der Waals surface area (Å²) in [6.07, 6.45) is 32.6. The highest BCUT2D eigenvalue weighted by molar-refractivity contribution is 5.70. The van der Waals surface area contributed by atoms with Crippen LogP contribution in [0.25, 0.3) is 0 Å².